The molecule has 0 aliphatic heterocycles. The first kappa shape index (κ1) is 15.3. The van der Waals surface area contributed by atoms with Crippen LogP contribution in [0.15, 0.2) is 0 Å². The summed E-state index contributed by atoms with van der Waals surface area (Å²) in [7, 11) is -4.59. The third kappa shape index (κ3) is 6.44. The SMILES string of the molecule is CCO[Si](C)(C)O[Si](C)(OCC)OCC. The molecule has 0 radical (unpaired) electrons. The van der Waals surface area contributed by atoms with Crippen LogP contribution in [0.2, 0.25) is 19.6 Å². The summed E-state index contributed by atoms with van der Waals surface area (Å²) in [4.78, 5) is 0. The van der Waals surface area contributed by atoms with E-state index in [0.29, 0.717) is 19.8 Å². The standard InChI is InChI=1S/C9H24O4Si2/c1-7-10-14(4,5)13-15(6,11-8-2)12-9-3/h7-9H2,1-6H3. The van der Waals surface area contributed by atoms with Crippen LogP contribution in [-0.2, 0) is 17.4 Å². The molecule has 0 unspecified atom stereocenters. The molecule has 0 aromatic carbocycles. The van der Waals surface area contributed by atoms with Gasteiger partial charge in [0.2, 0.25) is 0 Å². The summed E-state index contributed by atoms with van der Waals surface area (Å²) in [6.45, 7) is 13.7. The van der Waals surface area contributed by atoms with Gasteiger partial charge in [0, 0.05) is 26.4 Å². The molecule has 0 atom stereocenters. The molecule has 0 fully saturated rings. The van der Waals surface area contributed by atoms with Crippen molar-refractivity contribution in [3.8, 4) is 0 Å². The highest BCUT2D eigenvalue weighted by atomic mass is 28.5. The largest absolute Gasteiger partial charge is 0.488 e. The Morgan fingerprint density at radius 1 is 0.733 bits per heavy atom. The van der Waals surface area contributed by atoms with Gasteiger partial charge in [-0.15, -0.1) is 0 Å². The maximum atomic E-state index is 5.96. The zero-order valence-electron chi connectivity index (χ0n) is 10.8. The van der Waals surface area contributed by atoms with Gasteiger partial charge in [-0.05, 0) is 33.9 Å². The van der Waals surface area contributed by atoms with E-state index in [4.69, 9.17) is 17.4 Å². The van der Waals surface area contributed by atoms with Crippen molar-refractivity contribution in [1.29, 1.82) is 0 Å². The van der Waals surface area contributed by atoms with Gasteiger partial charge in [-0.3, -0.25) is 0 Å². The predicted molar refractivity (Wildman–Crippen MR) is 65.1 cm³/mol. The monoisotopic (exact) mass is 252 g/mol. The van der Waals surface area contributed by atoms with Gasteiger partial charge in [0.25, 0.3) is 0 Å². The Bertz CT molecular complexity index is 169. The maximum Gasteiger partial charge on any atom is 0.488 e. The third-order valence-electron chi connectivity index (χ3n) is 1.74. The van der Waals surface area contributed by atoms with E-state index in [-0.39, 0.29) is 0 Å². The number of hydrogen-bond acceptors (Lipinski definition) is 4. The topological polar surface area (TPSA) is 36.9 Å². The molecule has 0 saturated heterocycles. The Balaban J connectivity index is 4.37. The normalized spacial score (nSPS) is 13.2. The predicted octanol–water partition coefficient (Wildman–Crippen LogP) is 2.38. The summed E-state index contributed by atoms with van der Waals surface area (Å²) >= 11 is 0. The van der Waals surface area contributed by atoms with Crippen molar-refractivity contribution in [2.24, 2.45) is 0 Å². The molecule has 15 heavy (non-hydrogen) atoms. The van der Waals surface area contributed by atoms with Gasteiger partial charge >= 0.3 is 17.4 Å². The van der Waals surface area contributed by atoms with Crippen molar-refractivity contribution in [2.75, 3.05) is 19.8 Å². The lowest BCUT2D eigenvalue weighted by atomic mass is 10.9. The van der Waals surface area contributed by atoms with Crippen LogP contribution in [0.4, 0.5) is 0 Å². The Hall–Kier alpha value is 0.274. The van der Waals surface area contributed by atoms with Crippen molar-refractivity contribution < 1.29 is 17.4 Å². The van der Waals surface area contributed by atoms with Crippen LogP contribution in [-0.4, -0.2) is 37.2 Å². The molecule has 92 valence electrons. The van der Waals surface area contributed by atoms with Crippen LogP contribution in [0.3, 0.4) is 0 Å². The molecule has 0 N–H and O–H groups in total. The summed E-state index contributed by atoms with van der Waals surface area (Å²) in [5.41, 5.74) is 0. The summed E-state index contributed by atoms with van der Waals surface area (Å²) in [5.74, 6) is 0. The molecular formula is C9H24O4Si2. The molecule has 0 aliphatic rings. The molecule has 0 saturated carbocycles. The molecule has 0 aromatic heterocycles. The van der Waals surface area contributed by atoms with Crippen molar-refractivity contribution in [1.82, 2.24) is 0 Å². The molecule has 0 heterocycles. The van der Waals surface area contributed by atoms with Crippen LogP contribution >= 0.6 is 0 Å². The van der Waals surface area contributed by atoms with Crippen LogP contribution in [0.1, 0.15) is 20.8 Å². The second-order valence-electron chi connectivity index (χ2n) is 3.66. The Morgan fingerprint density at radius 2 is 1.13 bits per heavy atom. The van der Waals surface area contributed by atoms with Crippen molar-refractivity contribution >= 4 is 17.4 Å². The van der Waals surface area contributed by atoms with E-state index in [0.717, 1.165) is 0 Å². The van der Waals surface area contributed by atoms with Crippen molar-refractivity contribution in [3.63, 3.8) is 0 Å². The Kier molecular flexibility index (Phi) is 6.89. The average molecular weight is 252 g/mol. The fourth-order valence-electron chi connectivity index (χ4n) is 1.45. The van der Waals surface area contributed by atoms with Gasteiger partial charge < -0.3 is 17.4 Å². The lowest BCUT2D eigenvalue weighted by Gasteiger charge is -2.33. The van der Waals surface area contributed by atoms with E-state index >= 15 is 0 Å². The van der Waals surface area contributed by atoms with Gasteiger partial charge in [0.1, 0.15) is 0 Å². The van der Waals surface area contributed by atoms with Crippen molar-refractivity contribution in [3.05, 3.63) is 0 Å². The highest BCUT2D eigenvalue weighted by Gasteiger charge is 2.42. The molecule has 4 nitrogen and oxygen atoms in total. The molecule has 0 rings (SSSR count). The molecule has 6 heteroatoms. The van der Waals surface area contributed by atoms with Gasteiger partial charge in [-0.2, -0.15) is 0 Å². The van der Waals surface area contributed by atoms with Gasteiger partial charge in [0.15, 0.2) is 0 Å². The Labute approximate surface area is 95.5 Å². The first-order valence-electron chi connectivity index (χ1n) is 5.51. The van der Waals surface area contributed by atoms with E-state index in [1.165, 1.54) is 0 Å². The van der Waals surface area contributed by atoms with Gasteiger partial charge in [0.05, 0.1) is 0 Å². The molecule has 0 aromatic rings. The fraction of sp³-hybridized carbons (Fsp3) is 1.00. The van der Waals surface area contributed by atoms with Crippen LogP contribution in [0.25, 0.3) is 0 Å². The number of hydrogen-bond donors (Lipinski definition) is 0. The van der Waals surface area contributed by atoms with E-state index in [9.17, 15) is 0 Å². The molecule has 0 amide bonds. The molecular weight excluding hydrogens is 228 g/mol. The summed E-state index contributed by atoms with van der Waals surface area (Å²) in [6, 6.07) is 0. The minimum Gasteiger partial charge on any atom is -0.395 e. The summed E-state index contributed by atoms with van der Waals surface area (Å²) < 4.78 is 22.8. The van der Waals surface area contributed by atoms with E-state index < -0.39 is 17.4 Å². The quantitative estimate of drug-likeness (QED) is 0.622. The van der Waals surface area contributed by atoms with E-state index in [1.54, 1.807) is 0 Å². The lowest BCUT2D eigenvalue weighted by Crippen LogP contribution is -2.52. The Morgan fingerprint density at radius 3 is 1.47 bits per heavy atom. The van der Waals surface area contributed by atoms with Crippen LogP contribution in [0, 0.1) is 0 Å². The summed E-state index contributed by atoms with van der Waals surface area (Å²) in [6.07, 6.45) is 0. The zero-order valence-corrected chi connectivity index (χ0v) is 12.8. The van der Waals surface area contributed by atoms with Crippen LogP contribution in [0.5, 0.6) is 0 Å². The average Bonchev–Trinajstić information content (AvgIpc) is 2.02. The first-order valence-corrected chi connectivity index (χ1v) is 10.5. The van der Waals surface area contributed by atoms with Crippen molar-refractivity contribution in [2.45, 2.75) is 40.4 Å². The maximum absolute atomic E-state index is 5.96. The molecule has 0 aliphatic carbocycles. The lowest BCUT2D eigenvalue weighted by molar-refractivity contribution is 0.104. The van der Waals surface area contributed by atoms with E-state index in [1.807, 2.05) is 40.4 Å². The van der Waals surface area contributed by atoms with E-state index in [2.05, 4.69) is 0 Å². The smallest absolute Gasteiger partial charge is 0.395 e. The fourth-order valence-corrected chi connectivity index (χ4v) is 7.55. The van der Waals surface area contributed by atoms with Gasteiger partial charge in [-0.1, -0.05) is 0 Å². The second-order valence-corrected chi connectivity index (χ2v) is 9.87. The van der Waals surface area contributed by atoms with Crippen LogP contribution < -0.4 is 0 Å². The number of rotatable bonds is 8. The highest BCUT2D eigenvalue weighted by molar-refractivity contribution is 6.76. The minimum atomic E-state index is -2.49. The first-order chi connectivity index (χ1) is 6.89. The second kappa shape index (κ2) is 6.77. The molecule has 0 spiro atoms. The zero-order chi connectivity index (χ0) is 11.9. The summed E-state index contributed by atoms with van der Waals surface area (Å²) in [5, 5.41) is 0. The van der Waals surface area contributed by atoms with Gasteiger partial charge in [-0.25, -0.2) is 0 Å². The third-order valence-corrected chi connectivity index (χ3v) is 7.80. The highest BCUT2D eigenvalue weighted by Crippen LogP contribution is 2.17. The minimum absolute atomic E-state index is 0.610. The molecule has 0 bridgehead atoms.